The Kier molecular flexibility index (Phi) is 21.7. The number of aryl methyl sites for hydroxylation is 2. The van der Waals surface area contributed by atoms with Crippen LogP contribution in [0, 0.1) is 49.5 Å². The Morgan fingerprint density at radius 2 is 1.20 bits per heavy atom. The van der Waals surface area contributed by atoms with Gasteiger partial charge >= 0.3 is 28.4 Å². The van der Waals surface area contributed by atoms with Gasteiger partial charge in [0.2, 0.25) is 0 Å². The first-order chi connectivity index (χ1) is 23.0. The first kappa shape index (κ1) is 48.7. The SMILES string of the molecule is CC(C)(C)c1[c-]c2c(cc1)-c1ccc(C(C)(C)C)cc1C2.CCCC1[C-]=CC(C(C)(C)C)=C1.Cc1cc[c-]cc1.Cc1cc[c-]cc1.Cl.Cl.[CH2]=[Zr]. The molecule has 0 fully saturated rings. The van der Waals surface area contributed by atoms with Gasteiger partial charge in [0.15, 0.2) is 0 Å². The van der Waals surface area contributed by atoms with E-state index in [4.69, 9.17) is 0 Å². The van der Waals surface area contributed by atoms with Crippen LogP contribution in [0.2, 0.25) is 0 Å². The molecule has 0 aliphatic heterocycles. The predicted octanol–water partition coefficient (Wildman–Crippen LogP) is 13.8. The first-order valence-electron chi connectivity index (χ1n) is 17.7. The molecule has 0 spiro atoms. The van der Waals surface area contributed by atoms with Crippen molar-refractivity contribution < 1.29 is 24.2 Å². The molecule has 2 aliphatic carbocycles. The minimum absolute atomic E-state index is 0. The standard InChI is InChI=1S/C21H25.C12H19.2C7H7.CH2.2ClH.Zr/c1-20(2,3)16-7-9-18-14(12-16)11-15-13-17(21(4,5)6)8-10-19(15)18;1-5-6-10-7-8-11(9-10)12(2,3)4;2*1-7-5-3-2-4-6-7;;;;/h7-10,12H,11H2,1-6H3;8-10H,5-6H2,1-4H3;2*3-6H,1H3;1H2;2*1H;/q4*-1;;;;. The van der Waals surface area contributed by atoms with Gasteiger partial charge in [0.1, 0.15) is 0 Å². The van der Waals surface area contributed by atoms with Gasteiger partial charge in [-0.3, -0.25) is 6.08 Å². The zero-order chi connectivity index (χ0) is 36.8. The molecule has 0 amide bonds. The summed E-state index contributed by atoms with van der Waals surface area (Å²) in [4.78, 5) is 0. The zero-order valence-electron chi connectivity index (χ0n) is 33.4. The Morgan fingerprint density at radius 3 is 1.59 bits per heavy atom. The van der Waals surface area contributed by atoms with Crippen molar-refractivity contribution >= 4 is 29.0 Å². The number of allylic oxidation sites excluding steroid dienone is 4. The zero-order valence-corrected chi connectivity index (χ0v) is 37.5. The topological polar surface area (TPSA) is 0 Å². The summed E-state index contributed by atoms with van der Waals surface area (Å²) in [5.74, 6) is 0.587. The molecule has 0 saturated carbocycles. The van der Waals surface area contributed by atoms with E-state index >= 15 is 0 Å². The van der Waals surface area contributed by atoms with Crippen LogP contribution in [0.15, 0.2) is 96.6 Å². The van der Waals surface area contributed by atoms with Crippen molar-refractivity contribution in [3.8, 4) is 11.1 Å². The average Bonchev–Trinajstić information content (AvgIpc) is 3.67. The Balaban J connectivity index is 0.000000706. The van der Waals surface area contributed by atoms with Crippen molar-refractivity contribution in [3.05, 3.63) is 154 Å². The molecule has 1 atom stereocenters. The van der Waals surface area contributed by atoms with Crippen molar-refractivity contribution in [1.82, 2.24) is 0 Å². The summed E-state index contributed by atoms with van der Waals surface area (Å²) in [6, 6.07) is 36.8. The molecule has 4 aromatic carbocycles. The molecule has 0 saturated heterocycles. The van der Waals surface area contributed by atoms with Crippen LogP contribution in [-0.4, -0.2) is 4.21 Å². The van der Waals surface area contributed by atoms with Gasteiger partial charge in [-0.1, -0.05) is 131 Å². The summed E-state index contributed by atoms with van der Waals surface area (Å²) in [6.45, 7) is 26.7. The normalized spacial score (nSPS) is 13.6. The second-order valence-corrected chi connectivity index (χ2v) is 16.0. The van der Waals surface area contributed by atoms with Gasteiger partial charge in [0, 0.05) is 0 Å². The molecule has 4 aromatic rings. The molecule has 2 aliphatic rings. The number of benzene rings is 4. The van der Waals surface area contributed by atoms with Gasteiger partial charge in [-0.05, 0) is 28.4 Å². The molecule has 51 heavy (non-hydrogen) atoms. The van der Waals surface area contributed by atoms with Crippen molar-refractivity contribution in [2.45, 2.75) is 113 Å². The minimum atomic E-state index is 0. The Bertz CT molecular complexity index is 1530. The van der Waals surface area contributed by atoms with Crippen LogP contribution < -0.4 is 0 Å². The van der Waals surface area contributed by atoms with E-state index in [9.17, 15) is 0 Å². The van der Waals surface area contributed by atoms with Crippen molar-refractivity contribution in [2.75, 3.05) is 0 Å². The fourth-order valence-corrected chi connectivity index (χ4v) is 5.42. The Morgan fingerprint density at radius 1 is 0.686 bits per heavy atom. The molecule has 3 heteroatoms. The van der Waals surface area contributed by atoms with Crippen LogP contribution in [0.4, 0.5) is 0 Å². The van der Waals surface area contributed by atoms with E-state index < -0.39 is 0 Å². The van der Waals surface area contributed by atoms with E-state index in [2.05, 4.69) is 154 Å². The van der Waals surface area contributed by atoms with E-state index in [0.29, 0.717) is 11.3 Å². The van der Waals surface area contributed by atoms with E-state index in [1.54, 1.807) is 0 Å². The summed E-state index contributed by atoms with van der Waals surface area (Å²) >= 11 is 1.30. The predicted molar refractivity (Wildman–Crippen MR) is 226 cm³/mol. The molecule has 0 bridgehead atoms. The number of hydrogen-bond donors (Lipinski definition) is 0. The van der Waals surface area contributed by atoms with Gasteiger partial charge in [-0.2, -0.15) is 107 Å². The van der Waals surface area contributed by atoms with Gasteiger partial charge in [-0.15, -0.1) is 35.9 Å². The quantitative estimate of drug-likeness (QED) is 0.156. The third kappa shape index (κ3) is 16.5. The summed E-state index contributed by atoms with van der Waals surface area (Å²) in [5, 5.41) is 0. The molecule has 0 N–H and O–H groups in total. The summed E-state index contributed by atoms with van der Waals surface area (Å²) in [5.41, 5.74) is 13.0. The van der Waals surface area contributed by atoms with Crippen LogP contribution in [0.5, 0.6) is 0 Å². The fourth-order valence-electron chi connectivity index (χ4n) is 5.42. The fraction of sp³-hybridized carbons (Fsp3) is 0.396. The number of halogens is 2. The molecule has 276 valence electrons. The van der Waals surface area contributed by atoms with Crippen LogP contribution in [0.1, 0.15) is 115 Å². The van der Waals surface area contributed by atoms with Crippen molar-refractivity contribution in [2.24, 2.45) is 11.3 Å². The number of fused-ring (bicyclic) bond motifs is 3. The van der Waals surface area contributed by atoms with Crippen molar-refractivity contribution in [1.29, 1.82) is 0 Å². The van der Waals surface area contributed by atoms with Gasteiger partial charge in [-0.25, -0.2) is 6.08 Å². The Labute approximate surface area is 340 Å². The summed E-state index contributed by atoms with van der Waals surface area (Å²) < 4.78 is 3.34. The molecule has 6 rings (SSSR count). The third-order valence-corrected chi connectivity index (χ3v) is 8.53. The van der Waals surface area contributed by atoms with Crippen LogP contribution >= 0.6 is 24.8 Å². The van der Waals surface area contributed by atoms with Gasteiger partial charge in [0.05, 0.1) is 0 Å². The molecule has 0 nitrogen and oxygen atoms in total. The number of hydrogen-bond acceptors (Lipinski definition) is 0. The van der Waals surface area contributed by atoms with E-state index in [-0.39, 0.29) is 35.6 Å². The van der Waals surface area contributed by atoms with E-state index in [1.807, 2.05) is 48.5 Å². The summed E-state index contributed by atoms with van der Waals surface area (Å²) in [6.07, 6.45) is 11.4. The molecule has 0 radical (unpaired) electrons. The molecular formula is C48H62Cl2Zr-4. The third-order valence-electron chi connectivity index (χ3n) is 8.53. The molecule has 1 unspecified atom stereocenters. The van der Waals surface area contributed by atoms with Gasteiger partial charge < -0.3 is 0 Å². The van der Waals surface area contributed by atoms with Crippen LogP contribution in [-0.2, 0) is 41.5 Å². The molecule has 0 heterocycles. The maximum absolute atomic E-state index is 3.67. The molecule has 0 aromatic heterocycles. The van der Waals surface area contributed by atoms with Crippen LogP contribution in [0.3, 0.4) is 0 Å². The van der Waals surface area contributed by atoms with Crippen molar-refractivity contribution in [3.63, 3.8) is 0 Å². The number of rotatable bonds is 2. The molecular weight excluding hydrogens is 739 g/mol. The maximum atomic E-state index is 3.67. The van der Waals surface area contributed by atoms with Crippen LogP contribution in [0.25, 0.3) is 11.1 Å². The second-order valence-electron chi connectivity index (χ2n) is 16.0. The summed E-state index contributed by atoms with van der Waals surface area (Å²) in [7, 11) is 0. The van der Waals surface area contributed by atoms with E-state index in [0.717, 1.165) is 6.42 Å². The second kappa shape index (κ2) is 22.7. The van der Waals surface area contributed by atoms with Gasteiger partial charge in [0.25, 0.3) is 0 Å². The van der Waals surface area contributed by atoms with E-state index in [1.165, 1.54) is 87.2 Å². The Hall–Kier alpha value is -2.31. The monoisotopic (exact) mass is 798 g/mol. The first-order valence-corrected chi connectivity index (χ1v) is 19.4. The average molecular weight is 801 g/mol.